The third kappa shape index (κ3) is 4.65. The molecule has 150 valence electrons. The number of benzene rings is 1. The molecule has 0 aromatic heterocycles. The fraction of sp³-hybridized carbons (Fsp3) is 0.556. The summed E-state index contributed by atoms with van der Waals surface area (Å²) in [6, 6.07) is 7.58. The topological polar surface area (TPSA) is 131 Å². The SMILES string of the molecule is CC(=O)NC[C@H]1CN(c2ccc(N3CCC(O)(CN=[N+]=[N-])CC3)cc2)C(=O)O1. The number of nitrogens with one attached hydrogen (secondary N) is 1. The predicted octanol–water partition coefficient (Wildman–Crippen LogP) is 1.79. The number of amides is 2. The molecule has 0 spiro atoms. The number of piperidine rings is 1. The van der Waals surface area contributed by atoms with Crippen molar-refractivity contribution in [1.29, 1.82) is 0 Å². The van der Waals surface area contributed by atoms with Crippen LogP contribution in [-0.2, 0) is 9.53 Å². The highest BCUT2D eigenvalue weighted by molar-refractivity contribution is 5.90. The molecule has 28 heavy (non-hydrogen) atoms. The van der Waals surface area contributed by atoms with Crippen molar-refractivity contribution >= 4 is 23.4 Å². The highest BCUT2D eigenvalue weighted by atomic mass is 16.6. The number of carbonyl (C=O) groups excluding carboxylic acids is 2. The van der Waals surface area contributed by atoms with Gasteiger partial charge < -0.3 is 20.1 Å². The van der Waals surface area contributed by atoms with Crippen molar-refractivity contribution in [3.8, 4) is 0 Å². The molecule has 3 rings (SSSR count). The van der Waals surface area contributed by atoms with Crippen LogP contribution >= 0.6 is 0 Å². The Bertz CT molecular complexity index is 769. The number of carbonyl (C=O) groups is 2. The molecule has 1 aromatic rings. The van der Waals surface area contributed by atoms with E-state index in [1.807, 2.05) is 24.3 Å². The minimum absolute atomic E-state index is 0.0903. The standard InChI is InChI=1S/C18H24N6O4/c1-13(25)20-10-16-11-24(17(26)28-16)15-4-2-14(3-5-15)23-8-6-18(27,7-9-23)12-21-22-19/h2-5,16,27H,6-12H2,1H3,(H,20,25)/t16-/m0/s1. The van der Waals surface area contributed by atoms with Gasteiger partial charge in [0, 0.05) is 36.3 Å². The summed E-state index contributed by atoms with van der Waals surface area (Å²) in [5, 5.41) is 16.6. The van der Waals surface area contributed by atoms with Gasteiger partial charge in [-0.15, -0.1) is 0 Å². The Kier molecular flexibility index (Phi) is 5.91. The minimum atomic E-state index is -0.940. The highest BCUT2D eigenvalue weighted by Gasteiger charge is 2.33. The molecular weight excluding hydrogens is 364 g/mol. The highest BCUT2D eigenvalue weighted by Crippen LogP contribution is 2.29. The van der Waals surface area contributed by atoms with Gasteiger partial charge in [0.15, 0.2) is 0 Å². The van der Waals surface area contributed by atoms with Crippen LogP contribution in [0.3, 0.4) is 0 Å². The molecule has 2 aliphatic heterocycles. The van der Waals surface area contributed by atoms with E-state index in [9.17, 15) is 14.7 Å². The van der Waals surface area contributed by atoms with Crippen LogP contribution in [0.15, 0.2) is 29.4 Å². The minimum Gasteiger partial charge on any atom is -0.442 e. The normalized spacial score (nSPS) is 21.1. The largest absolute Gasteiger partial charge is 0.442 e. The summed E-state index contributed by atoms with van der Waals surface area (Å²) in [5.74, 6) is -0.160. The van der Waals surface area contributed by atoms with E-state index >= 15 is 0 Å². The molecule has 0 radical (unpaired) electrons. The van der Waals surface area contributed by atoms with Gasteiger partial charge in [-0.05, 0) is 42.6 Å². The van der Waals surface area contributed by atoms with Crippen LogP contribution in [0.5, 0.6) is 0 Å². The van der Waals surface area contributed by atoms with Gasteiger partial charge in [-0.2, -0.15) is 0 Å². The molecule has 2 heterocycles. The van der Waals surface area contributed by atoms with Crippen molar-refractivity contribution in [1.82, 2.24) is 5.32 Å². The Morgan fingerprint density at radius 2 is 2.00 bits per heavy atom. The van der Waals surface area contributed by atoms with Crippen LogP contribution < -0.4 is 15.1 Å². The quantitative estimate of drug-likeness (QED) is 0.436. The fourth-order valence-corrected chi connectivity index (χ4v) is 3.44. The molecule has 1 aromatic carbocycles. The summed E-state index contributed by atoms with van der Waals surface area (Å²) < 4.78 is 5.28. The lowest BCUT2D eigenvalue weighted by Crippen LogP contribution is -2.46. The summed E-state index contributed by atoms with van der Waals surface area (Å²) in [6.45, 7) is 3.50. The van der Waals surface area contributed by atoms with Gasteiger partial charge in [0.1, 0.15) is 6.10 Å². The number of anilines is 2. The number of nitrogens with zero attached hydrogens (tertiary/aromatic N) is 5. The van der Waals surface area contributed by atoms with Gasteiger partial charge in [-0.25, -0.2) is 4.79 Å². The lowest BCUT2D eigenvalue weighted by molar-refractivity contribution is -0.119. The van der Waals surface area contributed by atoms with E-state index < -0.39 is 11.7 Å². The Labute approximate surface area is 162 Å². The van der Waals surface area contributed by atoms with Crippen LogP contribution in [0.25, 0.3) is 10.4 Å². The Hall–Kier alpha value is -2.97. The second kappa shape index (κ2) is 8.37. The Morgan fingerprint density at radius 1 is 1.36 bits per heavy atom. The summed E-state index contributed by atoms with van der Waals surface area (Å²) >= 11 is 0. The van der Waals surface area contributed by atoms with E-state index in [0.717, 1.165) is 11.4 Å². The summed E-state index contributed by atoms with van der Waals surface area (Å²) in [5.41, 5.74) is 9.22. The molecule has 0 aliphatic carbocycles. The molecule has 0 bridgehead atoms. The van der Waals surface area contributed by atoms with E-state index in [-0.39, 0.29) is 18.6 Å². The van der Waals surface area contributed by atoms with Crippen LogP contribution in [0, 0.1) is 0 Å². The van der Waals surface area contributed by atoms with Gasteiger partial charge in [0.05, 0.1) is 25.2 Å². The van der Waals surface area contributed by atoms with Gasteiger partial charge in [0.2, 0.25) is 5.91 Å². The maximum Gasteiger partial charge on any atom is 0.414 e. The number of ether oxygens (including phenoxy) is 1. The first kappa shape index (κ1) is 19.8. The molecule has 0 saturated carbocycles. The average Bonchev–Trinajstić information content (AvgIpc) is 3.06. The molecule has 0 unspecified atom stereocenters. The number of cyclic esters (lactones) is 1. The fourth-order valence-electron chi connectivity index (χ4n) is 3.44. The van der Waals surface area contributed by atoms with E-state index in [4.69, 9.17) is 10.3 Å². The van der Waals surface area contributed by atoms with Crippen molar-refractivity contribution < 1.29 is 19.4 Å². The Morgan fingerprint density at radius 3 is 2.61 bits per heavy atom. The van der Waals surface area contributed by atoms with E-state index in [1.54, 1.807) is 4.90 Å². The molecule has 2 fully saturated rings. The molecule has 2 saturated heterocycles. The molecule has 10 nitrogen and oxygen atoms in total. The second-order valence-electron chi connectivity index (χ2n) is 7.17. The van der Waals surface area contributed by atoms with Gasteiger partial charge in [-0.3, -0.25) is 9.69 Å². The molecule has 1 atom stereocenters. The lowest BCUT2D eigenvalue weighted by atomic mass is 9.91. The second-order valence-corrected chi connectivity index (χ2v) is 7.17. The van der Waals surface area contributed by atoms with Crippen molar-refractivity contribution in [3.05, 3.63) is 34.7 Å². The van der Waals surface area contributed by atoms with Crippen molar-refractivity contribution in [3.63, 3.8) is 0 Å². The average molecular weight is 388 g/mol. The van der Waals surface area contributed by atoms with Crippen LogP contribution in [-0.4, -0.2) is 61.5 Å². The van der Waals surface area contributed by atoms with E-state index in [2.05, 4.69) is 20.2 Å². The van der Waals surface area contributed by atoms with Crippen molar-refractivity contribution in [2.45, 2.75) is 31.5 Å². The monoisotopic (exact) mass is 388 g/mol. The van der Waals surface area contributed by atoms with Crippen LogP contribution in [0.2, 0.25) is 0 Å². The van der Waals surface area contributed by atoms with E-state index in [0.29, 0.717) is 39.0 Å². The van der Waals surface area contributed by atoms with E-state index in [1.165, 1.54) is 6.92 Å². The summed E-state index contributed by atoms with van der Waals surface area (Å²) in [7, 11) is 0. The Balaban J connectivity index is 1.58. The first-order valence-electron chi connectivity index (χ1n) is 9.21. The van der Waals surface area contributed by atoms with Crippen LogP contribution in [0.1, 0.15) is 19.8 Å². The zero-order valence-electron chi connectivity index (χ0n) is 15.7. The molecule has 2 aliphatic rings. The number of aliphatic hydroxyl groups is 1. The number of azide groups is 1. The number of hydrogen-bond donors (Lipinski definition) is 2. The zero-order chi connectivity index (χ0) is 20.1. The van der Waals surface area contributed by atoms with Gasteiger partial charge in [0.25, 0.3) is 0 Å². The first-order chi connectivity index (χ1) is 13.4. The van der Waals surface area contributed by atoms with Crippen molar-refractivity contribution in [2.24, 2.45) is 5.11 Å². The van der Waals surface area contributed by atoms with Gasteiger partial charge >= 0.3 is 6.09 Å². The molecule has 2 N–H and O–H groups in total. The maximum atomic E-state index is 12.1. The molecule has 2 amide bonds. The predicted molar refractivity (Wildman–Crippen MR) is 103 cm³/mol. The molecular formula is C18H24N6O4. The van der Waals surface area contributed by atoms with Crippen molar-refractivity contribution in [2.75, 3.05) is 42.5 Å². The molecule has 10 heteroatoms. The lowest BCUT2D eigenvalue weighted by Gasteiger charge is -2.38. The zero-order valence-corrected chi connectivity index (χ0v) is 15.7. The summed E-state index contributed by atoms with van der Waals surface area (Å²) in [6.07, 6.45) is 0.254. The van der Waals surface area contributed by atoms with Gasteiger partial charge in [-0.1, -0.05) is 5.11 Å². The smallest absolute Gasteiger partial charge is 0.414 e. The summed E-state index contributed by atoms with van der Waals surface area (Å²) in [4.78, 5) is 29.5. The number of rotatable bonds is 6. The number of hydrogen-bond acceptors (Lipinski definition) is 6. The third-order valence-corrected chi connectivity index (χ3v) is 5.10. The first-order valence-corrected chi connectivity index (χ1v) is 9.21. The van der Waals surface area contributed by atoms with Crippen LogP contribution in [0.4, 0.5) is 16.2 Å². The third-order valence-electron chi connectivity index (χ3n) is 5.10. The maximum absolute atomic E-state index is 12.1.